The number of hydrogen-bond donors (Lipinski definition) is 2. The molecule has 2 aromatic rings. The fourth-order valence-electron chi connectivity index (χ4n) is 2.42. The van der Waals surface area contributed by atoms with Crippen LogP contribution in [0.3, 0.4) is 0 Å². The highest BCUT2D eigenvalue weighted by molar-refractivity contribution is 6.03. The summed E-state index contributed by atoms with van der Waals surface area (Å²) >= 11 is 0. The first kappa shape index (κ1) is 17.9. The normalized spacial score (nSPS) is 11.5. The van der Waals surface area contributed by atoms with E-state index in [4.69, 9.17) is 0 Å². The lowest BCUT2D eigenvalue weighted by Gasteiger charge is -2.20. The highest BCUT2D eigenvalue weighted by atomic mass is 16.1. The van der Waals surface area contributed by atoms with Crippen molar-refractivity contribution in [1.82, 2.24) is 10.2 Å². The second kappa shape index (κ2) is 6.99. The molecule has 1 aromatic heterocycles. The first-order chi connectivity index (χ1) is 11.2. The first-order valence-corrected chi connectivity index (χ1v) is 8.20. The number of nitrogens with zero attached hydrogens (tertiary/aromatic N) is 2. The van der Waals surface area contributed by atoms with E-state index in [1.54, 1.807) is 12.1 Å². The lowest BCUT2D eigenvalue weighted by Crippen LogP contribution is -2.27. The van der Waals surface area contributed by atoms with Gasteiger partial charge in [0, 0.05) is 11.2 Å². The van der Waals surface area contributed by atoms with Crippen LogP contribution in [-0.2, 0) is 0 Å². The van der Waals surface area contributed by atoms with E-state index in [1.165, 1.54) is 0 Å². The van der Waals surface area contributed by atoms with Gasteiger partial charge >= 0.3 is 0 Å². The number of rotatable bonds is 4. The van der Waals surface area contributed by atoms with Crippen molar-refractivity contribution in [2.45, 2.75) is 53.0 Å². The van der Waals surface area contributed by atoms with Crippen LogP contribution in [0.5, 0.6) is 0 Å². The first-order valence-electron chi connectivity index (χ1n) is 8.20. The Kier molecular flexibility index (Phi) is 5.22. The largest absolute Gasteiger partial charge is 0.364 e. The Labute approximate surface area is 143 Å². The Balaban J connectivity index is 2.19. The molecule has 0 spiro atoms. The molecule has 1 aromatic carbocycles. The van der Waals surface area contributed by atoms with Gasteiger partial charge in [0.25, 0.3) is 5.91 Å². The summed E-state index contributed by atoms with van der Waals surface area (Å²) in [6, 6.07) is 9.49. The van der Waals surface area contributed by atoms with Crippen molar-refractivity contribution in [2.24, 2.45) is 0 Å². The van der Waals surface area contributed by atoms with Crippen LogP contribution in [-0.4, -0.2) is 21.6 Å². The maximum absolute atomic E-state index is 12.5. The van der Waals surface area contributed by atoms with Crippen molar-refractivity contribution in [3.05, 3.63) is 47.2 Å². The highest BCUT2D eigenvalue weighted by Gasteiger charge is 2.15. The third-order valence-corrected chi connectivity index (χ3v) is 3.57. The van der Waals surface area contributed by atoms with E-state index >= 15 is 0 Å². The van der Waals surface area contributed by atoms with E-state index in [9.17, 15) is 4.79 Å². The van der Waals surface area contributed by atoms with Crippen molar-refractivity contribution < 1.29 is 4.79 Å². The third kappa shape index (κ3) is 4.54. The van der Waals surface area contributed by atoms with E-state index in [0.29, 0.717) is 17.4 Å². The van der Waals surface area contributed by atoms with Crippen molar-refractivity contribution in [1.29, 1.82) is 0 Å². The zero-order valence-corrected chi connectivity index (χ0v) is 15.3. The molecule has 0 bridgehead atoms. The molecule has 0 unspecified atom stereocenters. The van der Waals surface area contributed by atoms with Gasteiger partial charge in [-0.15, -0.1) is 10.2 Å². The molecule has 128 valence electrons. The number of carbonyl (C=O) groups excluding carboxylic acids is 1. The standard InChI is InChI=1S/C19H26N4O/c1-12(2)14-9-7-8-13(3)17(14)20-18(24)15-10-11-16(23-22-15)21-19(4,5)6/h7-12H,1-6H3,(H,20,24)(H,21,23). The van der Waals surface area contributed by atoms with Gasteiger partial charge in [-0.3, -0.25) is 4.79 Å². The zero-order chi connectivity index (χ0) is 17.9. The lowest BCUT2D eigenvalue weighted by molar-refractivity contribution is 0.102. The summed E-state index contributed by atoms with van der Waals surface area (Å²) in [5.41, 5.74) is 3.20. The molecule has 0 radical (unpaired) electrons. The number of hydrogen-bond acceptors (Lipinski definition) is 4. The van der Waals surface area contributed by atoms with Crippen LogP contribution in [0, 0.1) is 6.92 Å². The third-order valence-electron chi connectivity index (χ3n) is 3.57. The van der Waals surface area contributed by atoms with E-state index in [2.05, 4.69) is 34.7 Å². The molecule has 0 saturated carbocycles. The molecule has 0 saturated heterocycles. The maximum Gasteiger partial charge on any atom is 0.276 e. The minimum atomic E-state index is -0.249. The molecule has 0 aliphatic carbocycles. The molecule has 24 heavy (non-hydrogen) atoms. The van der Waals surface area contributed by atoms with Gasteiger partial charge in [0.1, 0.15) is 5.82 Å². The van der Waals surface area contributed by atoms with E-state index in [0.717, 1.165) is 16.8 Å². The molecule has 2 rings (SSSR count). The van der Waals surface area contributed by atoms with E-state index in [-0.39, 0.29) is 11.4 Å². The topological polar surface area (TPSA) is 66.9 Å². The Morgan fingerprint density at radius 1 is 1.08 bits per heavy atom. The molecule has 0 atom stereocenters. The maximum atomic E-state index is 12.5. The molecule has 2 N–H and O–H groups in total. The van der Waals surface area contributed by atoms with Gasteiger partial charge in [-0.05, 0) is 56.9 Å². The van der Waals surface area contributed by atoms with Crippen LogP contribution in [0.4, 0.5) is 11.5 Å². The number of benzene rings is 1. The average molecular weight is 326 g/mol. The van der Waals surface area contributed by atoms with Crippen molar-refractivity contribution in [3.8, 4) is 0 Å². The van der Waals surface area contributed by atoms with Crippen molar-refractivity contribution >= 4 is 17.4 Å². The van der Waals surface area contributed by atoms with Gasteiger partial charge in [0.05, 0.1) is 0 Å². The number of aryl methyl sites for hydroxylation is 1. The summed E-state index contributed by atoms with van der Waals surface area (Å²) in [4.78, 5) is 12.5. The van der Waals surface area contributed by atoms with Crippen LogP contribution in [0.25, 0.3) is 0 Å². The van der Waals surface area contributed by atoms with Crippen LogP contribution in [0.1, 0.15) is 62.2 Å². The second-order valence-electron chi connectivity index (χ2n) is 7.33. The number of carbonyl (C=O) groups is 1. The number of anilines is 2. The quantitative estimate of drug-likeness (QED) is 0.875. The van der Waals surface area contributed by atoms with Crippen LogP contribution < -0.4 is 10.6 Å². The number of para-hydroxylation sites is 1. The Hall–Kier alpha value is -2.43. The van der Waals surface area contributed by atoms with Gasteiger partial charge in [0.2, 0.25) is 0 Å². The summed E-state index contributed by atoms with van der Waals surface area (Å²) in [5.74, 6) is 0.725. The molecular formula is C19H26N4O. The van der Waals surface area contributed by atoms with Gasteiger partial charge in [-0.25, -0.2) is 0 Å². The summed E-state index contributed by atoms with van der Waals surface area (Å²) in [6.45, 7) is 12.3. The summed E-state index contributed by atoms with van der Waals surface area (Å²) < 4.78 is 0. The van der Waals surface area contributed by atoms with Crippen LogP contribution in [0.2, 0.25) is 0 Å². The Morgan fingerprint density at radius 2 is 1.79 bits per heavy atom. The molecule has 5 nitrogen and oxygen atoms in total. The SMILES string of the molecule is Cc1cccc(C(C)C)c1NC(=O)c1ccc(NC(C)(C)C)nn1. The fraction of sp³-hybridized carbons (Fsp3) is 0.421. The molecule has 1 heterocycles. The summed E-state index contributed by atoms with van der Waals surface area (Å²) in [6.07, 6.45) is 0. The summed E-state index contributed by atoms with van der Waals surface area (Å²) in [7, 11) is 0. The zero-order valence-electron chi connectivity index (χ0n) is 15.3. The smallest absolute Gasteiger partial charge is 0.276 e. The van der Waals surface area contributed by atoms with Crippen LogP contribution >= 0.6 is 0 Å². The van der Waals surface area contributed by atoms with Crippen molar-refractivity contribution in [3.63, 3.8) is 0 Å². The van der Waals surface area contributed by atoms with E-state index < -0.39 is 0 Å². The predicted molar refractivity (Wildman–Crippen MR) is 98.6 cm³/mol. The number of aromatic nitrogens is 2. The monoisotopic (exact) mass is 326 g/mol. The van der Waals surface area contributed by atoms with Gasteiger partial charge in [-0.1, -0.05) is 32.0 Å². The molecule has 0 aliphatic rings. The Bertz CT molecular complexity index is 715. The minimum Gasteiger partial charge on any atom is -0.364 e. The minimum absolute atomic E-state index is 0.105. The Morgan fingerprint density at radius 3 is 2.33 bits per heavy atom. The fourth-order valence-corrected chi connectivity index (χ4v) is 2.42. The number of amides is 1. The molecule has 0 aliphatic heterocycles. The van der Waals surface area contributed by atoms with Gasteiger partial charge in [-0.2, -0.15) is 0 Å². The second-order valence-corrected chi connectivity index (χ2v) is 7.33. The number of nitrogens with one attached hydrogen (secondary N) is 2. The van der Waals surface area contributed by atoms with E-state index in [1.807, 2.05) is 45.9 Å². The summed E-state index contributed by atoms with van der Waals surface area (Å²) in [5, 5.41) is 14.3. The average Bonchev–Trinajstić information content (AvgIpc) is 2.48. The van der Waals surface area contributed by atoms with Crippen LogP contribution in [0.15, 0.2) is 30.3 Å². The molecule has 0 fully saturated rings. The van der Waals surface area contributed by atoms with Gasteiger partial charge in [0.15, 0.2) is 5.69 Å². The lowest BCUT2D eigenvalue weighted by atomic mass is 9.98. The molecule has 1 amide bonds. The molecular weight excluding hydrogens is 300 g/mol. The van der Waals surface area contributed by atoms with Crippen molar-refractivity contribution in [2.75, 3.05) is 10.6 Å². The predicted octanol–water partition coefficient (Wildman–Crippen LogP) is 4.37. The van der Waals surface area contributed by atoms with Gasteiger partial charge < -0.3 is 10.6 Å². The molecule has 5 heteroatoms. The highest BCUT2D eigenvalue weighted by Crippen LogP contribution is 2.27.